The zero-order valence-electron chi connectivity index (χ0n) is 15.1. The lowest BCUT2D eigenvalue weighted by molar-refractivity contribution is -0.106. The number of aldehydes is 1. The van der Waals surface area contributed by atoms with Gasteiger partial charge in [-0.05, 0) is 31.8 Å². The van der Waals surface area contributed by atoms with Crippen LogP contribution in [0.25, 0.3) is 0 Å². The van der Waals surface area contributed by atoms with E-state index in [9.17, 15) is 18.4 Å². The van der Waals surface area contributed by atoms with E-state index in [1.807, 2.05) is 23.9 Å². The number of aromatic nitrogens is 2. The Morgan fingerprint density at radius 1 is 1.30 bits per heavy atom. The van der Waals surface area contributed by atoms with E-state index >= 15 is 0 Å². The van der Waals surface area contributed by atoms with Crippen molar-refractivity contribution in [3.05, 3.63) is 51.9 Å². The summed E-state index contributed by atoms with van der Waals surface area (Å²) in [6.45, 7) is 1.17. The lowest BCUT2D eigenvalue weighted by Gasteiger charge is -2.26. The molecule has 9 heteroatoms. The summed E-state index contributed by atoms with van der Waals surface area (Å²) >= 11 is 0. The molecule has 0 fully saturated rings. The Labute approximate surface area is 154 Å². The quantitative estimate of drug-likeness (QED) is 0.671. The minimum atomic E-state index is -0.971. The summed E-state index contributed by atoms with van der Waals surface area (Å²) in [5.74, 6) is -1.29. The monoisotopic (exact) mass is 378 g/mol. The molecule has 3 rings (SSSR count). The van der Waals surface area contributed by atoms with Gasteiger partial charge in [0.1, 0.15) is 18.7 Å². The minimum Gasteiger partial charge on any atom is -0.473 e. The van der Waals surface area contributed by atoms with E-state index in [2.05, 4.69) is 4.98 Å². The number of nitrogens with zero attached hydrogens (tertiary/aromatic N) is 4. The maximum Gasteiger partial charge on any atom is 0.352 e. The first-order valence-corrected chi connectivity index (χ1v) is 8.42. The fraction of sp³-hybridized carbons (Fsp3) is 0.389. The maximum atomic E-state index is 13.3. The molecule has 1 aromatic carbocycles. The molecule has 1 unspecified atom stereocenters. The van der Waals surface area contributed by atoms with Crippen molar-refractivity contribution in [1.82, 2.24) is 14.5 Å². The third-order valence-electron chi connectivity index (χ3n) is 4.31. The summed E-state index contributed by atoms with van der Waals surface area (Å²) in [5, 5.41) is 0. The molecule has 0 saturated carbocycles. The van der Waals surface area contributed by atoms with Crippen molar-refractivity contribution in [1.29, 1.82) is 0 Å². The van der Waals surface area contributed by atoms with Crippen molar-refractivity contribution in [3.8, 4) is 5.88 Å². The lowest BCUT2D eigenvalue weighted by atomic mass is 10.2. The molecule has 27 heavy (non-hydrogen) atoms. The molecule has 1 aromatic heterocycles. The SMILES string of the molecule is CN(C)CC1Cn2c(cc(OCc3ccc(F)c(F)c3)nc2=O)N1CC=O. The summed E-state index contributed by atoms with van der Waals surface area (Å²) < 4.78 is 33.3. The Hall–Kier alpha value is -2.81. The van der Waals surface area contributed by atoms with Gasteiger partial charge in [0.2, 0.25) is 5.88 Å². The van der Waals surface area contributed by atoms with Gasteiger partial charge < -0.3 is 19.3 Å². The van der Waals surface area contributed by atoms with Gasteiger partial charge in [0.25, 0.3) is 0 Å². The van der Waals surface area contributed by atoms with E-state index in [-0.39, 0.29) is 25.1 Å². The standard InChI is InChI=1S/C18H20F2N4O3/c1-22(2)9-13-10-24-17(23(13)5-6-25)8-16(21-18(24)26)27-11-12-3-4-14(19)15(20)7-12/h3-4,6-8,13H,5,9-11H2,1-2H3. The van der Waals surface area contributed by atoms with Gasteiger partial charge >= 0.3 is 5.69 Å². The smallest absolute Gasteiger partial charge is 0.352 e. The van der Waals surface area contributed by atoms with Gasteiger partial charge in [-0.15, -0.1) is 0 Å². The zero-order chi connectivity index (χ0) is 19.6. The molecule has 0 radical (unpaired) electrons. The first-order valence-electron chi connectivity index (χ1n) is 8.42. The summed E-state index contributed by atoms with van der Waals surface area (Å²) in [7, 11) is 3.83. The number of halogens is 2. The van der Waals surface area contributed by atoms with Crippen LogP contribution < -0.4 is 15.3 Å². The lowest BCUT2D eigenvalue weighted by Crippen LogP contribution is -2.40. The summed E-state index contributed by atoms with van der Waals surface area (Å²) in [6, 6.07) is 4.98. The van der Waals surface area contributed by atoms with Crippen molar-refractivity contribution in [3.63, 3.8) is 0 Å². The van der Waals surface area contributed by atoms with Crippen molar-refractivity contribution < 1.29 is 18.3 Å². The van der Waals surface area contributed by atoms with E-state index < -0.39 is 17.3 Å². The Balaban J connectivity index is 1.82. The van der Waals surface area contributed by atoms with Crippen LogP contribution in [0.1, 0.15) is 5.56 Å². The second-order valence-corrected chi connectivity index (χ2v) is 6.62. The molecular weight excluding hydrogens is 358 g/mol. The number of ether oxygens (including phenoxy) is 1. The molecule has 0 amide bonds. The van der Waals surface area contributed by atoms with Crippen LogP contribution in [0, 0.1) is 11.6 Å². The molecule has 0 saturated heterocycles. The Kier molecular flexibility index (Phi) is 5.50. The normalized spacial score (nSPS) is 15.9. The Morgan fingerprint density at radius 3 is 2.74 bits per heavy atom. The van der Waals surface area contributed by atoms with Gasteiger partial charge in [-0.1, -0.05) is 6.07 Å². The van der Waals surface area contributed by atoms with Gasteiger partial charge in [0.05, 0.1) is 19.1 Å². The predicted molar refractivity (Wildman–Crippen MR) is 94.9 cm³/mol. The van der Waals surface area contributed by atoms with E-state index in [0.29, 0.717) is 24.5 Å². The molecule has 2 aromatic rings. The fourth-order valence-electron chi connectivity index (χ4n) is 3.14. The van der Waals surface area contributed by atoms with Crippen molar-refractivity contribution in [2.24, 2.45) is 0 Å². The van der Waals surface area contributed by atoms with Gasteiger partial charge in [0.15, 0.2) is 11.6 Å². The highest BCUT2D eigenvalue weighted by atomic mass is 19.2. The number of carbonyl (C=O) groups excluding carboxylic acids is 1. The Morgan fingerprint density at radius 2 is 2.07 bits per heavy atom. The molecule has 1 atom stereocenters. The van der Waals surface area contributed by atoms with Crippen LogP contribution in [0.3, 0.4) is 0 Å². The van der Waals surface area contributed by atoms with E-state index in [1.165, 1.54) is 10.6 Å². The first kappa shape index (κ1) is 19.0. The van der Waals surface area contributed by atoms with Crippen LogP contribution >= 0.6 is 0 Å². The van der Waals surface area contributed by atoms with Gasteiger partial charge in [0, 0.05) is 12.6 Å². The molecule has 2 heterocycles. The highest BCUT2D eigenvalue weighted by Crippen LogP contribution is 2.26. The van der Waals surface area contributed by atoms with Crippen molar-refractivity contribution >= 4 is 12.1 Å². The molecule has 0 N–H and O–H groups in total. The van der Waals surface area contributed by atoms with E-state index in [1.54, 1.807) is 6.07 Å². The number of benzene rings is 1. The number of fused-ring (bicyclic) bond motifs is 1. The van der Waals surface area contributed by atoms with Crippen LogP contribution in [0.4, 0.5) is 14.6 Å². The summed E-state index contributed by atoms with van der Waals surface area (Å²) in [6.07, 6.45) is 0.783. The van der Waals surface area contributed by atoms with Gasteiger partial charge in [-0.2, -0.15) is 4.98 Å². The van der Waals surface area contributed by atoms with E-state index in [4.69, 9.17) is 4.74 Å². The predicted octanol–water partition coefficient (Wildman–Crippen LogP) is 1.05. The molecule has 0 aliphatic carbocycles. The zero-order valence-corrected chi connectivity index (χ0v) is 15.1. The number of rotatable bonds is 7. The molecule has 1 aliphatic heterocycles. The second-order valence-electron chi connectivity index (χ2n) is 6.62. The summed E-state index contributed by atoms with van der Waals surface area (Å²) in [4.78, 5) is 31.2. The van der Waals surface area contributed by atoms with Crippen LogP contribution in [-0.2, 0) is 17.9 Å². The van der Waals surface area contributed by atoms with E-state index in [0.717, 1.165) is 18.4 Å². The number of likely N-dealkylation sites (N-methyl/N-ethyl adjacent to an activating group) is 1. The topological polar surface area (TPSA) is 67.7 Å². The van der Waals surface area contributed by atoms with Crippen molar-refractivity contribution in [2.75, 3.05) is 32.1 Å². The number of hydrogen-bond acceptors (Lipinski definition) is 6. The molecule has 0 spiro atoms. The first-order chi connectivity index (χ1) is 12.9. The average Bonchev–Trinajstić information content (AvgIpc) is 2.94. The van der Waals surface area contributed by atoms with Crippen LogP contribution in [-0.4, -0.2) is 54.0 Å². The van der Waals surface area contributed by atoms with Gasteiger partial charge in [-0.25, -0.2) is 13.6 Å². The maximum absolute atomic E-state index is 13.3. The second kappa shape index (κ2) is 7.83. The molecular formula is C18H20F2N4O3. The minimum absolute atomic E-state index is 0.0406. The Bertz CT molecular complexity index is 901. The third-order valence-corrected chi connectivity index (χ3v) is 4.31. The molecule has 1 aliphatic rings. The highest BCUT2D eigenvalue weighted by molar-refractivity contribution is 5.61. The van der Waals surface area contributed by atoms with Crippen molar-refractivity contribution in [2.45, 2.75) is 19.2 Å². The number of carbonyl (C=O) groups is 1. The largest absolute Gasteiger partial charge is 0.473 e. The van der Waals surface area contributed by atoms with Gasteiger partial charge in [-0.3, -0.25) is 4.57 Å². The fourth-order valence-corrected chi connectivity index (χ4v) is 3.14. The number of hydrogen-bond donors (Lipinski definition) is 0. The molecule has 0 bridgehead atoms. The highest BCUT2D eigenvalue weighted by Gasteiger charge is 2.31. The summed E-state index contributed by atoms with van der Waals surface area (Å²) in [5.41, 5.74) is -0.0727. The molecule has 7 nitrogen and oxygen atoms in total. The van der Waals surface area contributed by atoms with Crippen LogP contribution in [0.15, 0.2) is 29.1 Å². The average molecular weight is 378 g/mol. The third kappa shape index (κ3) is 4.13. The van der Waals surface area contributed by atoms with Crippen LogP contribution in [0.5, 0.6) is 5.88 Å². The molecule has 144 valence electrons. The van der Waals surface area contributed by atoms with Crippen LogP contribution in [0.2, 0.25) is 0 Å². The number of anilines is 1.